The second-order valence-corrected chi connectivity index (χ2v) is 4.29. The highest BCUT2D eigenvalue weighted by molar-refractivity contribution is 5.35. The summed E-state index contributed by atoms with van der Waals surface area (Å²) in [7, 11) is 0. The van der Waals surface area contributed by atoms with Gasteiger partial charge in [0.1, 0.15) is 0 Å². The van der Waals surface area contributed by atoms with Crippen LogP contribution in [0, 0.1) is 5.92 Å². The molecule has 4 heteroatoms. The first-order chi connectivity index (χ1) is 7.72. The van der Waals surface area contributed by atoms with Crippen LogP contribution in [0.4, 0.5) is 0 Å². The largest absolute Gasteiger partial charge is 0.350 e. The number of hydrogen-bond donors (Lipinski definition) is 0. The van der Waals surface area contributed by atoms with E-state index < -0.39 is 0 Å². The number of aromatic nitrogens is 3. The van der Waals surface area contributed by atoms with Gasteiger partial charge in [0.2, 0.25) is 0 Å². The van der Waals surface area contributed by atoms with Gasteiger partial charge in [0, 0.05) is 12.7 Å². The molecule has 0 saturated heterocycles. The van der Waals surface area contributed by atoms with E-state index in [1.807, 2.05) is 18.2 Å². The standard InChI is InChI=1S/C12H17N3O/c1-3-6-10(2)9-15-12(16)14-8-5-4-7-11(14)13-15/h4-5,7-8,10H,3,6,9H2,1-2H3. The number of pyridine rings is 1. The Morgan fingerprint density at radius 2 is 2.25 bits per heavy atom. The molecule has 86 valence electrons. The average molecular weight is 219 g/mol. The smallest absolute Gasteiger partial charge is 0.250 e. The van der Waals surface area contributed by atoms with Gasteiger partial charge in [-0.2, -0.15) is 0 Å². The van der Waals surface area contributed by atoms with E-state index in [0.29, 0.717) is 12.5 Å². The van der Waals surface area contributed by atoms with Crippen molar-refractivity contribution < 1.29 is 0 Å². The van der Waals surface area contributed by atoms with Crippen LogP contribution < -0.4 is 5.69 Å². The minimum absolute atomic E-state index is 0.0430. The normalized spacial score (nSPS) is 13.1. The summed E-state index contributed by atoms with van der Waals surface area (Å²) in [4.78, 5) is 11.9. The molecule has 16 heavy (non-hydrogen) atoms. The highest BCUT2D eigenvalue weighted by Crippen LogP contribution is 2.06. The van der Waals surface area contributed by atoms with Crippen molar-refractivity contribution in [1.82, 2.24) is 14.2 Å². The molecule has 2 rings (SSSR count). The van der Waals surface area contributed by atoms with Gasteiger partial charge in [0.25, 0.3) is 0 Å². The molecule has 0 fully saturated rings. The van der Waals surface area contributed by atoms with Gasteiger partial charge < -0.3 is 0 Å². The van der Waals surface area contributed by atoms with Crippen molar-refractivity contribution in [2.45, 2.75) is 33.2 Å². The number of rotatable bonds is 4. The lowest BCUT2D eigenvalue weighted by atomic mass is 10.1. The van der Waals surface area contributed by atoms with Gasteiger partial charge in [-0.15, -0.1) is 5.10 Å². The van der Waals surface area contributed by atoms with Crippen molar-refractivity contribution in [3.05, 3.63) is 34.9 Å². The van der Waals surface area contributed by atoms with E-state index in [0.717, 1.165) is 18.5 Å². The van der Waals surface area contributed by atoms with E-state index in [9.17, 15) is 4.79 Å². The van der Waals surface area contributed by atoms with E-state index in [4.69, 9.17) is 0 Å². The summed E-state index contributed by atoms with van der Waals surface area (Å²) < 4.78 is 3.15. The second kappa shape index (κ2) is 4.51. The molecule has 1 unspecified atom stereocenters. The third kappa shape index (κ3) is 2.01. The molecule has 0 aliphatic heterocycles. The summed E-state index contributed by atoms with van der Waals surface area (Å²) in [5.41, 5.74) is 0.676. The van der Waals surface area contributed by atoms with Crippen molar-refractivity contribution in [3.63, 3.8) is 0 Å². The fraction of sp³-hybridized carbons (Fsp3) is 0.500. The summed E-state index contributed by atoms with van der Waals surface area (Å²) in [5.74, 6) is 0.493. The van der Waals surface area contributed by atoms with Crippen LogP contribution in [0.3, 0.4) is 0 Å². The molecule has 2 aromatic heterocycles. The molecule has 1 atom stereocenters. The quantitative estimate of drug-likeness (QED) is 0.788. The summed E-state index contributed by atoms with van der Waals surface area (Å²) in [6.07, 6.45) is 4.02. The summed E-state index contributed by atoms with van der Waals surface area (Å²) in [6, 6.07) is 5.58. The molecule has 0 spiro atoms. The van der Waals surface area contributed by atoms with Gasteiger partial charge in [0.05, 0.1) is 0 Å². The number of hydrogen-bond acceptors (Lipinski definition) is 2. The van der Waals surface area contributed by atoms with E-state index in [2.05, 4.69) is 18.9 Å². The minimum atomic E-state index is -0.0430. The lowest BCUT2D eigenvalue weighted by Gasteiger charge is -2.07. The summed E-state index contributed by atoms with van der Waals surface area (Å²) >= 11 is 0. The lowest BCUT2D eigenvalue weighted by molar-refractivity contribution is 0.412. The van der Waals surface area contributed by atoms with Crippen molar-refractivity contribution in [3.8, 4) is 0 Å². The molecule has 0 bridgehead atoms. The molecule has 0 saturated carbocycles. The van der Waals surface area contributed by atoms with Gasteiger partial charge in [-0.3, -0.25) is 4.40 Å². The van der Waals surface area contributed by atoms with Crippen molar-refractivity contribution in [2.75, 3.05) is 0 Å². The molecule has 0 N–H and O–H groups in total. The zero-order chi connectivity index (χ0) is 11.5. The maximum absolute atomic E-state index is 11.9. The first-order valence-electron chi connectivity index (χ1n) is 5.76. The van der Waals surface area contributed by atoms with Gasteiger partial charge >= 0.3 is 5.69 Å². The number of fused-ring (bicyclic) bond motifs is 1. The molecule has 2 heterocycles. The van der Waals surface area contributed by atoms with Gasteiger partial charge in [-0.1, -0.05) is 26.3 Å². The van der Waals surface area contributed by atoms with E-state index in [1.165, 1.54) is 0 Å². The molecule has 2 aromatic rings. The molecule has 0 aromatic carbocycles. The molecule has 0 amide bonds. The van der Waals surface area contributed by atoms with E-state index >= 15 is 0 Å². The van der Waals surface area contributed by atoms with Crippen molar-refractivity contribution in [1.29, 1.82) is 0 Å². The predicted octanol–water partition coefficient (Wildman–Crippen LogP) is 1.93. The van der Waals surface area contributed by atoms with Crippen molar-refractivity contribution >= 4 is 5.65 Å². The van der Waals surface area contributed by atoms with Crippen LogP contribution in [0.15, 0.2) is 29.2 Å². The van der Waals surface area contributed by atoms with Crippen LogP contribution in [0.5, 0.6) is 0 Å². The van der Waals surface area contributed by atoms with Crippen molar-refractivity contribution in [2.24, 2.45) is 5.92 Å². The van der Waals surface area contributed by atoms with Gasteiger partial charge in [-0.05, 0) is 24.5 Å². The summed E-state index contributed by atoms with van der Waals surface area (Å²) in [6.45, 7) is 5.01. The SMILES string of the molecule is CCCC(C)Cn1nc2ccccn2c1=O. The zero-order valence-corrected chi connectivity index (χ0v) is 9.76. The third-order valence-electron chi connectivity index (χ3n) is 2.75. The molecular formula is C12H17N3O. The lowest BCUT2D eigenvalue weighted by Crippen LogP contribution is -2.23. The fourth-order valence-corrected chi connectivity index (χ4v) is 1.97. The molecule has 0 aliphatic rings. The first-order valence-corrected chi connectivity index (χ1v) is 5.76. The highest BCUT2D eigenvalue weighted by atomic mass is 16.2. The fourth-order valence-electron chi connectivity index (χ4n) is 1.97. The zero-order valence-electron chi connectivity index (χ0n) is 9.76. The monoisotopic (exact) mass is 219 g/mol. The second-order valence-electron chi connectivity index (χ2n) is 4.29. The molecule has 0 aliphatic carbocycles. The Hall–Kier alpha value is -1.58. The Morgan fingerprint density at radius 3 is 2.94 bits per heavy atom. The maximum atomic E-state index is 11.9. The predicted molar refractivity (Wildman–Crippen MR) is 63.5 cm³/mol. The number of nitrogens with zero attached hydrogens (tertiary/aromatic N) is 3. The topological polar surface area (TPSA) is 39.3 Å². The average Bonchev–Trinajstić information content (AvgIpc) is 2.57. The van der Waals surface area contributed by atoms with Crippen LogP contribution in [-0.4, -0.2) is 14.2 Å². The molecule has 4 nitrogen and oxygen atoms in total. The Balaban J connectivity index is 2.31. The first kappa shape index (κ1) is 10.9. The Labute approximate surface area is 94.5 Å². The van der Waals surface area contributed by atoms with E-state index in [1.54, 1.807) is 15.3 Å². The van der Waals surface area contributed by atoms with Gasteiger partial charge in [-0.25, -0.2) is 9.48 Å². The molecule has 0 radical (unpaired) electrons. The highest BCUT2D eigenvalue weighted by Gasteiger charge is 2.08. The van der Waals surface area contributed by atoms with Crippen LogP contribution in [0.1, 0.15) is 26.7 Å². The Morgan fingerprint density at radius 1 is 1.44 bits per heavy atom. The molecular weight excluding hydrogens is 202 g/mol. The minimum Gasteiger partial charge on any atom is -0.250 e. The summed E-state index contributed by atoms with van der Waals surface area (Å²) in [5, 5.41) is 4.30. The Bertz CT molecular complexity index is 526. The third-order valence-corrected chi connectivity index (χ3v) is 2.75. The van der Waals surface area contributed by atoms with Crippen LogP contribution in [0.25, 0.3) is 5.65 Å². The van der Waals surface area contributed by atoms with Gasteiger partial charge in [0.15, 0.2) is 5.65 Å². The van der Waals surface area contributed by atoms with E-state index in [-0.39, 0.29) is 5.69 Å². The van der Waals surface area contributed by atoms with Crippen LogP contribution in [-0.2, 0) is 6.54 Å². The van der Waals surface area contributed by atoms with Crippen LogP contribution in [0.2, 0.25) is 0 Å². The maximum Gasteiger partial charge on any atom is 0.350 e. The Kier molecular flexibility index (Phi) is 3.08. The van der Waals surface area contributed by atoms with Crippen LogP contribution >= 0.6 is 0 Å².